The number of carbonyl (C=O) groups is 3. The van der Waals surface area contributed by atoms with E-state index in [2.05, 4.69) is 20.9 Å². The van der Waals surface area contributed by atoms with Crippen LogP contribution in [0.1, 0.15) is 51.2 Å². The molecule has 0 spiro atoms. The number of anilines is 1. The second kappa shape index (κ2) is 9.03. The van der Waals surface area contributed by atoms with Crippen LogP contribution in [0.3, 0.4) is 0 Å². The number of rotatable bonds is 4. The molecule has 0 radical (unpaired) electrons. The molecule has 3 N–H and O–H groups in total. The molecule has 3 amide bonds. The van der Waals surface area contributed by atoms with Gasteiger partial charge in [0.1, 0.15) is 17.7 Å². The molecule has 2 aromatic carbocycles. The van der Waals surface area contributed by atoms with Crippen molar-refractivity contribution in [2.45, 2.75) is 19.0 Å². The quantitative estimate of drug-likeness (QED) is 0.498. The van der Waals surface area contributed by atoms with E-state index in [-0.39, 0.29) is 38.5 Å². The van der Waals surface area contributed by atoms with Gasteiger partial charge in [0.15, 0.2) is 5.82 Å². The summed E-state index contributed by atoms with van der Waals surface area (Å²) in [5, 5.41) is 7.86. The summed E-state index contributed by atoms with van der Waals surface area (Å²) in [6.45, 7) is 1.54. The van der Waals surface area contributed by atoms with Gasteiger partial charge in [-0.25, -0.2) is 13.8 Å². The summed E-state index contributed by atoms with van der Waals surface area (Å²) in [7, 11) is 1.38. The van der Waals surface area contributed by atoms with Crippen LogP contribution in [0, 0.1) is 11.6 Å². The zero-order valence-electron chi connectivity index (χ0n) is 17.7. The van der Waals surface area contributed by atoms with Crippen molar-refractivity contribution in [2.24, 2.45) is 0 Å². The highest BCUT2D eigenvalue weighted by molar-refractivity contribution is 6.31. The Morgan fingerprint density at radius 1 is 1.09 bits per heavy atom. The smallest absolute Gasteiger partial charge is 0.287 e. The van der Waals surface area contributed by atoms with Gasteiger partial charge in [0.05, 0.1) is 11.7 Å². The first-order valence-electron chi connectivity index (χ1n) is 9.97. The predicted molar refractivity (Wildman–Crippen MR) is 121 cm³/mol. The molecule has 12 heteroatoms. The number of aromatic nitrogens is 2. The normalized spacial score (nSPS) is 17.1. The van der Waals surface area contributed by atoms with Crippen molar-refractivity contribution >= 4 is 46.7 Å². The van der Waals surface area contributed by atoms with Gasteiger partial charge in [-0.05, 0) is 43.3 Å². The Balaban J connectivity index is 1.90. The third-order valence-electron chi connectivity index (χ3n) is 5.33. The number of amides is 3. The molecule has 8 nitrogen and oxygen atoms in total. The molecule has 1 aliphatic rings. The summed E-state index contributed by atoms with van der Waals surface area (Å²) in [5.41, 5.74) is 0.284. The van der Waals surface area contributed by atoms with Gasteiger partial charge < -0.3 is 20.5 Å². The van der Waals surface area contributed by atoms with E-state index in [9.17, 15) is 23.2 Å². The number of nitrogens with zero attached hydrogens (tertiary/aromatic N) is 2. The van der Waals surface area contributed by atoms with Crippen LogP contribution in [-0.2, 0) is 4.79 Å². The Hall–Kier alpha value is -3.50. The van der Waals surface area contributed by atoms with Gasteiger partial charge in [0, 0.05) is 28.2 Å². The summed E-state index contributed by atoms with van der Waals surface area (Å²) in [6, 6.07) is 4.95. The highest BCUT2D eigenvalue weighted by atomic mass is 35.5. The number of benzene rings is 2. The fourth-order valence-electron chi connectivity index (χ4n) is 3.75. The van der Waals surface area contributed by atoms with E-state index in [1.807, 2.05) is 0 Å². The highest BCUT2D eigenvalue weighted by Gasteiger charge is 2.39. The molecule has 0 bridgehead atoms. The minimum absolute atomic E-state index is 0.00775. The van der Waals surface area contributed by atoms with Crippen LogP contribution >= 0.6 is 23.2 Å². The van der Waals surface area contributed by atoms with Crippen molar-refractivity contribution in [1.82, 2.24) is 20.2 Å². The SMILES string of the molecule is CNC(=O)c1nc(NC(=O)c2cc(F)cc(Cl)c2)c2n1[C@@H](C)C(=O)N[C@H]2c1cc(F)ccc1Cl. The molecule has 0 fully saturated rings. The molecule has 176 valence electrons. The third kappa shape index (κ3) is 4.22. The van der Waals surface area contributed by atoms with Gasteiger partial charge >= 0.3 is 0 Å². The Kier molecular flexibility index (Phi) is 6.28. The van der Waals surface area contributed by atoms with E-state index in [4.69, 9.17) is 23.2 Å². The first-order valence-corrected chi connectivity index (χ1v) is 10.7. The average molecular weight is 508 g/mol. The lowest BCUT2D eigenvalue weighted by molar-refractivity contribution is -0.125. The van der Waals surface area contributed by atoms with Gasteiger partial charge in [-0.15, -0.1) is 0 Å². The molecule has 0 saturated heterocycles. The van der Waals surface area contributed by atoms with Crippen LogP contribution in [0.5, 0.6) is 0 Å². The molecule has 0 saturated carbocycles. The molecule has 1 aromatic heterocycles. The van der Waals surface area contributed by atoms with E-state index in [0.717, 1.165) is 24.3 Å². The van der Waals surface area contributed by atoms with Gasteiger partial charge in [0.2, 0.25) is 11.7 Å². The summed E-state index contributed by atoms with van der Waals surface area (Å²) in [4.78, 5) is 42.5. The lowest BCUT2D eigenvalue weighted by Gasteiger charge is -2.31. The third-order valence-corrected chi connectivity index (χ3v) is 5.89. The molecule has 0 unspecified atom stereocenters. The monoisotopic (exact) mass is 507 g/mol. The maximum atomic E-state index is 14.1. The summed E-state index contributed by atoms with van der Waals surface area (Å²) in [5.74, 6) is -3.45. The lowest BCUT2D eigenvalue weighted by Crippen LogP contribution is -2.43. The Labute approximate surface area is 202 Å². The molecular formula is C22H17Cl2F2N5O3. The Morgan fingerprint density at radius 3 is 2.50 bits per heavy atom. The fourth-order valence-corrected chi connectivity index (χ4v) is 4.20. The molecule has 2 heterocycles. The van der Waals surface area contributed by atoms with Crippen LogP contribution in [-0.4, -0.2) is 34.3 Å². The number of halogens is 4. The maximum Gasteiger partial charge on any atom is 0.287 e. The number of carbonyl (C=O) groups excluding carboxylic acids is 3. The van der Waals surface area contributed by atoms with Gasteiger partial charge in [-0.3, -0.25) is 14.4 Å². The molecular weight excluding hydrogens is 491 g/mol. The summed E-state index contributed by atoms with van der Waals surface area (Å²) >= 11 is 12.2. The topological polar surface area (TPSA) is 105 Å². The lowest BCUT2D eigenvalue weighted by atomic mass is 9.99. The van der Waals surface area contributed by atoms with Crippen LogP contribution < -0.4 is 16.0 Å². The minimum atomic E-state index is -1.05. The van der Waals surface area contributed by atoms with E-state index in [0.29, 0.717) is 0 Å². The number of hydrogen-bond acceptors (Lipinski definition) is 4. The summed E-state index contributed by atoms with van der Waals surface area (Å²) in [6.07, 6.45) is 0. The second-order valence-corrected chi connectivity index (χ2v) is 8.36. The first kappa shape index (κ1) is 23.7. The van der Waals surface area contributed by atoms with Gasteiger partial charge in [0.25, 0.3) is 11.8 Å². The number of fused-ring (bicyclic) bond motifs is 1. The maximum absolute atomic E-state index is 14.1. The molecule has 3 aromatic rings. The van der Waals surface area contributed by atoms with E-state index >= 15 is 0 Å². The van der Waals surface area contributed by atoms with Crippen molar-refractivity contribution in [3.05, 3.63) is 80.7 Å². The number of hydrogen-bond donors (Lipinski definition) is 3. The van der Waals surface area contributed by atoms with E-state index in [1.165, 1.54) is 30.7 Å². The first-order chi connectivity index (χ1) is 16.1. The van der Waals surface area contributed by atoms with Crippen LogP contribution in [0.4, 0.5) is 14.6 Å². The van der Waals surface area contributed by atoms with Gasteiger partial charge in [-0.1, -0.05) is 23.2 Å². The fraction of sp³-hybridized carbons (Fsp3) is 0.182. The molecule has 0 aliphatic carbocycles. The predicted octanol–water partition coefficient (Wildman–Crippen LogP) is 3.86. The molecule has 4 rings (SSSR count). The van der Waals surface area contributed by atoms with Crippen LogP contribution in [0.2, 0.25) is 10.0 Å². The van der Waals surface area contributed by atoms with E-state index in [1.54, 1.807) is 0 Å². The summed E-state index contributed by atoms with van der Waals surface area (Å²) < 4.78 is 29.2. The van der Waals surface area contributed by atoms with Crippen LogP contribution in [0.15, 0.2) is 36.4 Å². The van der Waals surface area contributed by atoms with Gasteiger partial charge in [-0.2, -0.15) is 0 Å². The Morgan fingerprint density at radius 2 is 1.82 bits per heavy atom. The zero-order valence-corrected chi connectivity index (χ0v) is 19.3. The van der Waals surface area contributed by atoms with Crippen LogP contribution in [0.25, 0.3) is 0 Å². The highest BCUT2D eigenvalue weighted by Crippen LogP contribution is 2.38. The molecule has 1 aliphatic heterocycles. The molecule has 34 heavy (non-hydrogen) atoms. The van der Waals surface area contributed by atoms with Crippen molar-refractivity contribution in [1.29, 1.82) is 0 Å². The number of imidazole rings is 1. The largest absolute Gasteiger partial charge is 0.352 e. The zero-order chi connectivity index (χ0) is 24.7. The minimum Gasteiger partial charge on any atom is -0.352 e. The van der Waals surface area contributed by atoms with Crippen molar-refractivity contribution < 1.29 is 23.2 Å². The van der Waals surface area contributed by atoms with E-state index < -0.39 is 41.4 Å². The Bertz CT molecular complexity index is 1320. The molecule has 2 atom stereocenters. The second-order valence-electron chi connectivity index (χ2n) is 7.51. The number of nitrogens with one attached hydrogen (secondary N) is 3. The van der Waals surface area contributed by atoms with Crippen molar-refractivity contribution in [3.63, 3.8) is 0 Å². The average Bonchev–Trinajstić information content (AvgIpc) is 3.16. The standard InChI is InChI=1S/C22H17Cl2F2N5O3/c1-9-20(32)28-16(14-8-12(25)3-4-15(14)24)17-18(29-19(31(9)17)22(34)27-2)30-21(33)10-5-11(23)7-13(26)6-10/h3-9,16H,1-2H3,(H,27,34)(H,28,32)(H,30,33)/t9-,16-/m0/s1. The van der Waals surface area contributed by atoms with Crippen molar-refractivity contribution in [2.75, 3.05) is 12.4 Å². The van der Waals surface area contributed by atoms with Crippen molar-refractivity contribution in [3.8, 4) is 0 Å².